The van der Waals surface area contributed by atoms with Crippen LogP contribution in [0, 0.1) is 5.92 Å². The Morgan fingerprint density at radius 2 is 2.00 bits per heavy atom. The van der Waals surface area contributed by atoms with E-state index in [0.717, 1.165) is 5.56 Å². The predicted molar refractivity (Wildman–Crippen MR) is 56.5 cm³/mol. The van der Waals surface area contributed by atoms with Crippen LogP contribution in [-0.2, 0) is 6.42 Å². The van der Waals surface area contributed by atoms with E-state index in [-0.39, 0.29) is 6.54 Å². The summed E-state index contributed by atoms with van der Waals surface area (Å²) in [7, 11) is 0. The molecule has 4 heteroatoms. The Balaban J connectivity index is 2.06. The van der Waals surface area contributed by atoms with Gasteiger partial charge < -0.3 is 5.32 Å². The third-order valence-corrected chi connectivity index (χ3v) is 3.00. The molecule has 0 aliphatic carbocycles. The number of halogens is 3. The van der Waals surface area contributed by atoms with Gasteiger partial charge in [0.05, 0.1) is 6.54 Å². The van der Waals surface area contributed by atoms with E-state index >= 15 is 0 Å². The van der Waals surface area contributed by atoms with Gasteiger partial charge in [-0.05, 0) is 24.1 Å². The Hall–Kier alpha value is -0.670. The molecule has 1 atom stereocenters. The van der Waals surface area contributed by atoms with E-state index in [1.165, 1.54) is 0 Å². The summed E-state index contributed by atoms with van der Waals surface area (Å²) in [4.78, 5) is 0. The maximum atomic E-state index is 13.3. The van der Waals surface area contributed by atoms with E-state index in [9.17, 15) is 8.78 Å². The van der Waals surface area contributed by atoms with Gasteiger partial charge in [-0.15, -0.1) is 0 Å². The van der Waals surface area contributed by atoms with Gasteiger partial charge in [0.25, 0.3) is 5.92 Å². The fraction of sp³-hybridized carbons (Fsp3) is 0.455. The largest absolute Gasteiger partial charge is 0.311 e. The molecule has 1 aliphatic rings. The van der Waals surface area contributed by atoms with E-state index < -0.39 is 11.8 Å². The molecule has 2 rings (SSSR count). The fourth-order valence-corrected chi connectivity index (χ4v) is 1.96. The molecule has 0 aromatic heterocycles. The van der Waals surface area contributed by atoms with Crippen molar-refractivity contribution in [2.75, 3.05) is 13.1 Å². The van der Waals surface area contributed by atoms with E-state index in [1.807, 2.05) is 0 Å². The van der Waals surface area contributed by atoms with Gasteiger partial charge in [0, 0.05) is 17.5 Å². The first-order valence-corrected chi connectivity index (χ1v) is 5.29. The molecule has 1 aromatic rings. The van der Waals surface area contributed by atoms with E-state index in [0.29, 0.717) is 18.0 Å². The summed E-state index contributed by atoms with van der Waals surface area (Å²) in [5, 5.41) is 3.35. The summed E-state index contributed by atoms with van der Waals surface area (Å²) in [6.07, 6.45) is 0.400. The Morgan fingerprint density at radius 3 is 2.53 bits per heavy atom. The molecule has 0 radical (unpaired) electrons. The third-order valence-electron chi connectivity index (χ3n) is 2.74. The van der Waals surface area contributed by atoms with Crippen molar-refractivity contribution in [3.05, 3.63) is 34.9 Å². The smallest absolute Gasteiger partial charge is 0.264 e. The molecule has 0 saturated carbocycles. The van der Waals surface area contributed by atoms with Crippen LogP contribution in [0.1, 0.15) is 5.56 Å². The second kappa shape index (κ2) is 4.06. The number of alkyl halides is 2. The first-order chi connectivity index (χ1) is 7.08. The number of rotatable bonds is 2. The summed E-state index contributed by atoms with van der Waals surface area (Å²) in [5.41, 5.74) is 0.910. The Morgan fingerprint density at radius 1 is 1.33 bits per heavy atom. The van der Waals surface area contributed by atoms with Crippen LogP contribution in [0.3, 0.4) is 0 Å². The average Bonchev–Trinajstić information content (AvgIpc) is 2.50. The van der Waals surface area contributed by atoms with Gasteiger partial charge in [0.2, 0.25) is 0 Å². The lowest BCUT2D eigenvalue weighted by Crippen LogP contribution is -2.28. The number of benzene rings is 1. The van der Waals surface area contributed by atoms with Crippen LogP contribution in [0.4, 0.5) is 8.78 Å². The first-order valence-electron chi connectivity index (χ1n) is 4.91. The molecule has 1 heterocycles. The van der Waals surface area contributed by atoms with Crippen molar-refractivity contribution >= 4 is 11.6 Å². The molecule has 1 N–H and O–H groups in total. The van der Waals surface area contributed by atoms with Crippen LogP contribution in [-0.4, -0.2) is 19.0 Å². The minimum Gasteiger partial charge on any atom is -0.311 e. The van der Waals surface area contributed by atoms with E-state index in [4.69, 9.17) is 11.6 Å². The molecule has 1 fully saturated rings. The third kappa shape index (κ3) is 2.47. The molecule has 1 aromatic carbocycles. The van der Waals surface area contributed by atoms with Gasteiger partial charge in [-0.1, -0.05) is 23.7 Å². The molecule has 1 nitrogen and oxygen atoms in total. The topological polar surface area (TPSA) is 12.0 Å². The Labute approximate surface area is 92.4 Å². The predicted octanol–water partition coefficient (Wildman–Crippen LogP) is 2.74. The van der Waals surface area contributed by atoms with Crippen molar-refractivity contribution < 1.29 is 8.78 Å². The second-order valence-electron chi connectivity index (χ2n) is 3.92. The fourth-order valence-electron chi connectivity index (χ4n) is 1.83. The molecule has 15 heavy (non-hydrogen) atoms. The maximum absolute atomic E-state index is 13.3. The quantitative estimate of drug-likeness (QED) is 0.825. The van der Waals surface area contributed by atoms with Crippen molar-refractivity contribution in [3.63, 3.8) is 0 Å². The van der Waals surface area contributed by atoms with Crippen LogP contribution in [0.5, 0.6) is 0 Å². The lowest BCUT2D eigenvalue weighted by molar-refractivity contribution is -0.0212. The van der Waals surface area contributed by atoms with E-state index in [2.05, 4.69) is 5.32 Å². The molecule has 1 saturated heterocycles. The van der Waals surface area contributed by atoms with Gasteiger partial charge in [0.1, 0.15) is 0 Å². The highest BCUT2D eigenvalue weighted by Crippen LogP contribution is 2.30. The molecule has 0 bridgehead atoms. The zero-order valence-electron chi connectivity index (χ0n) is 8.14. The van der Waals surface area contributed by atoms with Gasteiger partial charge in [-0.2, -0.15) is 0 Å². The SMILES string of the molecule is FC1(F)CNCC1Cc1ccc(Cl)cc1. The van der Waals surface area contributed by atoms with Crippen molar-refractivity contribution in [1.82, 2.24) is 5.32 Å². The average molecular weight is 232 g/mol. The summed E-state index contributed by atoms with van der Waals surface area (Å²) in [6.45, 7) is 0.181. The lowest BCUT2D eigenvalue weighted by atomic mass is 9.96. The second-order valence-corrected chi connectivity index (χ2v) is 4.36. The van der Waals surface area contributed by atoms with Crippen LogP contribution < -0.4 is 5.32 Å². The molecular weight excluding hydrogens is 220 g/mol. The van der Waals surface area contributed by atoms with Crippen molar-refractivity contribution in [2.45, 2.75) is 12.3 Å². The van der Waals surface area contributed by atoms with Gasteiger partial charge >= 0.3 is 0 Å². The normalized spacial score (nSPS) is 24.3. The molecule has 82 valence electrons. The van der Waals surface area contributed by atoms with Gasteiger partial charge in [-0.3, -0.25) is 0 Å². The summed E-state index contributed by atoms with van der Waals surface area (Å²) in [5.74, 6) is -3.18. The number of hydrogen-bond acceptors (Lipinski definition) is 1. The molecule has 0 spiro atoms. The molecule has 0 amide bonds. The summed E-state index contributed by atoms with van der Waals surface area (Å²) >= 11 is 5.72. The number of hydrogen-bond donors (Lipinski definition) is 1. The van der Waals surface area contributed by atoms with Crippen LogP contribution in [0.15, 0.2) is 24.3 Å². The van der Waals surface area contributed by atoms with Crippen molar-refractivity contribution in [2.24, 2.45) is 5.92 Å². The Bertz CT molecular complexity index is 337. The van der Waals surface area contributed by atoms with Gasteiger partial charge in [0.15, 0.2) is 0 Å². The first kappa shape index (κ1) is 10.8. The molecule has 1 unspecified atom stereocenters. The Kier molecular flexibility index (Phi) is 2.94. The maximum Gasteiger partial charge on any atom is 0.264 e. The van der Waals surface area contributed by atoms with Crippen molar-refractivity contribution in [3.8, 4) is 0 Å². The highest BCUT2D eigenvalue weighted by molar-refractivity contribution is 6.30. The van der Waals surface area contributed by atoms with Gasteiger partial charge in [-0.25, -0.2) is 8.78 Å². The minimum absolute atomic E-state index is 0.203. The summed E-state index contributed by atoms with van der Waals surface area (Å²) < 4.78 is 26.6. The van der Waals surface area contributed by atoms with Crippen LogP contribution in [0.2, 0.25) is 5.02 Å². The monoisotopic (exact) mass is 231 g/mol. The van der Waals surface area contributed by atoms with E-state index in [1.54, 1.807) is 24.3 Å². The zero-order valence-corrected chi connectivity index (χ0v) is 8.90. The minimum atomic E-state index is -2.58. The zero-order chi connectivity index (χ0) is 10.9. The highest BCUT2D eigenvalue weighted by Gasteiger charge is 2.43. The summed E-state index contributed by atoms with van der Waals surface area (Å²) in [6, 6.07) is 7.07. The van der Waals surface area contributed by atoms with Crippen LogP contribution in [0.25, 0.3) is 0 Å². The highest BCUT2D eigenvalue weighted by atomic mass is 35.5. The van der Waals surface area contributed by atoms with Crippen molar-refractivity contribution in [1.29, 1.82) is 0 Å². The van der Waals surface area contributed by atoms with Crippen LogP contribution >= 0.6 is 11.6 Å². The standard InChI is InChI=1S/C11H12ClF2N/c12-10-3-1-8(2-4-10)5-9-6-15-7-11(9,13)14/h1-4,9,15H,5-7H2. The number of nitrogens with one attached hydrogen (secondary N) is 1. The molecule has 1 aliphatic heterocycles. The lowest BCUT2D eigenvalue weighted by Gasteiger charge is -2.17. The molecular formula is C11H12ClF2N.